The fraction of sp³-hybridized carbons (Fsp3) is 0.0811. The van der Waals surface area contributed by atoms with E-state index < -0.39 is 23.2 Å². The summed E-state index contributed by atoms with van der Waals surface area (Å²) in [5, 5.41) is 0. The second-order valence-corrected chi connectivity index (χ2v) is 13.5. The Morgan fingerprint density at radius 2 is 1.07 bits per heavy atom. The van der Waals surface area contributed by atoms with E-state index in [1.54, 1.807) is 8.85 Å². The molecule has 0 saturated carbocycles. The van der Waals surface area contributed by atoms with E-state index >= 15 is 0 Å². The Balaban J connectivity index is 0.00000161. The summed E-state index contributed by atoms with van der Waals surface area (Å²) in [5.41, 5.74) is 13.1. The van der Waals surface area contributed by atoms with Gasteiger partial charge in [-0.3, -0.25) is 0 Å². The van der Waals surface area contributed by atoms with Gasteiger partial charge in [-0.15, -0.1) is 0 Å². The van der Waals surface area contributed by atoms with Crippen LogP contribution in [0.25, 0.3) is 20.5 Å². The van der Waals surface area contributed by atoms with Crippen molar-refractivity contribution in [2.75, 3.05) is 0 Å². The zero-order chi connectivity index (χ0) is 25.3. The molecular formula is C37H28Cl2Zr. The van der Waals surface area contributed by atoms with Gasteiger partial charge >= 0.3 is 238 Å². The summed E-state index contributed by atoms with van der Waals surface area (Å²) < 4.78 is 2.16. The Bertz CT molecular complexity index is 1660. The third-order valence-corrected chi connectivity index (χ3v) is 12.2. The second kappa shape index (κ2) is 12.7. The van der Waals surface area contributed by atoms with Crippen LogP contribution in [0.15, 0.2) is 140 Å². The minimum Gasteiger partial charge on any atom is -1.00 e. The average molecular weight is 635 g/mol. The molecule has 0 fully saturated rings. The third kappa shape index (κ3) is 5.36. The molecule has 0 radical (unpaired) electrons. The zero-order valence-corrected chi connectivity index (χ0v) is 25.9. The van der Waals surface area contributed by atoms with Crippen LogP contribution in [-0.4, -0.2) is 0 Å². The Morgan fingerprint density at radius 3 is 1.77 bits per heavy atom. The van der Waals surface area contributed by atoms with E-state index in [1.807, 2.05) is 0 Å². The summed E-state index contributed by atoms with van der Waals surface area (Å²) >= 11 is -1.13. The van der Waals surface area contributed by atoms with Crippen LogP contribution < -0.4 is 24.8 Å². The van der Waals surface area contributed by atoms with Crippen molar-refractivity contribution in [2.45, 2.75) is 16.0 Å². The molecule has 0 heterocycles. The molecule has 5 aromatic rings. The quantitative estimate of drug-likeness (QED) is 0.269. The molecule has 3 heteroatoms. The summed E-state index contributed by atoms with van der Waals surface area (Å²) in [5.74, 6) is 0.382. The minimum atomic E-state index is -1.13. The van der Waals surface area contributed by atoms with Crippen molar-refractivity contribution in [1.82, 2.24) is 0 Å². The summed E-state index contributed by atoms with van der Waals surface area (Å²) in [6.45, 7) is 0. The van der Waals surface area contributed by atoms with Crippen LogP contribution in [0, 0.1) is 0 Å². The van der Waals surface area contributed by atoms with Gasteiger partial charge in [-0.25, -0.2) is 0 Å². The Morgan fingerprint density at radius 1 is 0.525 bits per heavy atom. The van der Waals surface area contributed by atoms with Gasteiger partial charge in [0, 0.05) is 0 Å². The average Bonchev–Trinajstić information content (AvgIpc) is 3.51. The van der Waals surface area contributed by atoms with Crippen molar-refractivity contribution in [3.63, 3.8) is 0 Å². The van der Waals surface area contributed by atoms with Crippen molar-refractivity contribution >= 4 is 20.5 Å². The van der Waals surface area contributed by atoms with Gasteiger partial charge < -0.3 is 24.8 Å². The molecule has 5 aromatic carbocycles. The van der Waals surface area contributed by atoms with Gasteiger partial charge in [0.25, 0.3) is 0 Å². The predicted molar refractivity (Wildman–Crippen MR) is 156 cm³/mol. The summed E-state index contributed by atoms with van der Waals surface area (Å²) in [6, 6.07) is 51.6. The number of fused-ring (bicyclic) bond motifs is 2. The van der Waals surface area contributed by atoms with Gasteiger partial charge in [0.15, 0.2) is 0 Å². The molecule has 0 aromatic heterocycles. The first-order chi connectivity index (χ1) is 18.9. The van der Waals surface area contributed by atoms with E-state index in [0.29, 0.717) is 9.54 Å². The molecule has 0 saturated heterocycles. The van der Waals surface area contributed by atoms with Gasteiger partial charge in [0.1, 0.15) is 0 Å². The number of hydrogen-bond donors (Lipinski definition) is 0. The number of allylic oxidation sites excluding steroid dienone is 2. The molecule has 0 aliphatic heterocycles. The van der Waals surface area contributed by atoms with Crippen molar-refractivity contribution in [3.8, 4) is 0 Å². The van der Waals surface area contributed by atoms with Crippen LogP contribution in [0.1, 0.15) is 48.5 Å². The van der Waals surface area contributed by atoms with E-state index in [9.17, 15) is 0 Å². The maximum Gasteiger partial charge on any atom is -1.00 e. The first-order valence-corrected chi connectivity index (χ1v) is 16.1. The SMILES string of the molecule is C1=C(c2ccccc2)[CH]([Zr+2][C]2=C(c3ccccc3)C(Cc3ccccc3)c3ccccc32)c2ccccc21.[Cl-].[Cl-]. The molecule has 0 amide bonds. The number of halogens is 2. The monoisotopic (exact) mass is 632 g/mol. The Kier molecular flexibility index (Phi) is 9.07. The standard InChI is InChI=1S/C22H17.C15H11.2ClH.Zr/c1-3-9-17(10-4-1)15-22-20-14-8-7-13-19(20)16-21(22)18-11-5-2-6-12-18;1-2-6-12(7-3-1)15-10-13-8-4-5-9-14(13)11-15;;;/h1-14,22H,15H2;1-11H;2*1H;/q;;;;+2/p-2. The van der Waals surface area contributed by atoms with E-state index in [0.717, 1.165) is 6.42 Å². The predicted octanol–water partition coefficient (Wildman–Crippen LogP) is 3.28. The van der Waals surface area contributed by atoms with E-state index in [4.69, 9.17) is 0 Å². The topological polar surface area (TPSA) is 0 Å². The molecule has 40 heavy (non-hydrogen) atoms. The van der Waals surface area contributed by atoms with Crippen LogP contribution in [0.5, 0.6) is 0 Å². The first-order valence-electron chi connectivity index (χ1n) is 13.4. The summed E-state index contributed by atoms with van der Waals surface area (Å²) in [6.07, 6.45) is 3.49. The van der Waals surface area contributed by atoms with Crippen LogP contribution in [-0.2, 0) is 29.7 Å². The fourth-order valence-corrected chi connectivity index (χ4v) is 11.0. The zero-order valence-electron chi connectivity index (χ0n) is 22.0. The molecule has 194 valence electrons. The van der Waals surface area contributed by atoms with Crippen molar-refractivity contribution in [2.24, 2.45) is 0 Å². The summed E-state index contributed by atoms with van der Waals surface area (Å²) in [4.78, 5) is 0. The molecule has 2 unspecified atom stereocenters. The summed E-state index contributed by atoms with van der Waals surface area (Å²) in [7, 11) is 0. The first kappa shape index (κ1) is 28.6. The van der Waals surface area contributed by atoms with E-state index in [1.165, 1.54) is 44.5 Å². The number of rotatable bonds is 6. The van der Waals surface area contributed by atoms with Crippen LogP contribution in [0.4, 0.5) is 0 Å². The fourth-order valence-electron chi connectivity index (χ4n) is 6.19. The molecule has 0 nitrogen and oxygen atoms in total. The smallest absolute Gasteiger partial charge is 1.00 e. The minimum absolute atomic E-state index is 0. The number of hydrogen-bond acceptors (Lipinski definition) is 0. The molecule has 7 rings (SSSR count). The van der Waals surface area contributed by atoms with Crippen LogP contribution in [0.3, 0.4) is 0 Å². The molecule has 2 aliphatic carbocycles. The van der Waals surface area contributed by atoms with Crippen molar-refractivity contribution < 1.29 is 48.0 Å². The Labute approximate surface area is 261 Å². The van der Waals surface area contributed by atoms with Crippen LogP contribution in [0.2, 0.25) is 0 Å². The molecule has 0 spiro atoms. The normalized spacial score (nSPS) is 16.6. The van der Waals surface area contributed by atoms with Crippen LogP contribution >= 0.6 is 0 Å². The molecule has 2 atom stereocenters. The largest absolute Gasteiger partial charge is 1.00 e. The van der Waals surface area contributed by atoms with E-state index in [-0.39, 0.29) is 24.8 Å². The maximum atomic E-state index is 2.46. The van der Waals surface area contributed by atoms with Gasteiger partial charge in [-0.1, -0.05) is 0 Å². The van der Waals surface area contributed by atoms with Gasteiger partial charge in [-0.05, 0) is 0 Å². The molecule has 0 bridgehead atoms. The maximum absolute atomic E-state index is 2.46. The van der Waals surface area contributed by atoms with Gasteiger partial charge in [0.05, 0.1) is 0 Å². The van der Waals surface area contributed by atoms with Gasteiger partial charge in [0.2, 0.25) is 0 Å². The van der Waals surface area contributed by atoms with Gasteiger partial charge in [-0.2, -0.15) is 0 Å². The number of benzene rings is 5. The molecule has 0 N–H and O–H groups in total. The molecule has 2 aliphatic rings. The van der Waals surface area contributed by atoms with E-state index in [2.05, 4.69) is 146 Å². The molecular weight excluding hydrogens is 607 g/mol. The van der Waals surface area contributed by atoms with Crippen molar-refractivity contribution in [3.05, 3.63) is 178 Å². The third-order valence-electron chi connectivity index (χ3n) is 7.92. The second-order valence-electron chi connectivity index (χ2n) is 10.2. The van der Waals surface area contributed by atoms with Crippen molar-refractivity contribution in [1.29, 1.82) is 0 Å². The Hall–Kier alpha value is -2.96.